The van der Waals surface area contributed by atoms with E-state index in [9.17, 15) is 0 Å². The Morgan fingerprint density at radius 1 is 1.19 bits per heavy atom. The molecule has 0 spiro atoms. The van der Waals surface area contributed by atoms with Crippen LogP contribution in [0.5, 0.6) is 0 Å². The molecule has 0 unspecified atom stereocenters. The fraction of sp³-hybridized carbons (Fsp3) is 0.308. The highest BCUT2D eigenvalue weighted by atomic mass is 35.5. The Kier molecular flexibility index (Phi) is 2.44. The molecule has 0 aliphatic heterocycles. The Morgan fingerprint density at radius 2 is 2.06 bits per heavy atom. The van der Waals surface area contributed by atoms with Crippen LogP contribution in [0.15, 0.2) is 30.5 Å². The van der Waals surface area contributed by atoms with Crippen molar-refractivity contribution in [1.82, 2.24) is 9.78 Å². The maximum absolute atomic E-state index is 5.75. The summed E-state index contributed by atoms with van der Waals surface area (Å²) in [6.07, 6.45) is 5.67. The minimum absolute atomic E-state index is 0.470. The molecular weight excluding hydrogens is 220 g/mol. The molecule has 1 heterocycles. The zero-order chi connectivity index (χ0) is 11.0. The molecule has 2 aromatic rings. The monoisotopic (exact) mass is 232 g/mol. The van der Waals surface area contributed by atoms with Crippen LogP contribution < -0.4 is 0 Å². The van der Waals surface area contributed by atoms with Crippen molar-refractivity contribution in [3.8, 4) is 5.69 Å². The highest BCUT2D eigenvalue weighted by molar-refractivity contribution is 6.16. The van der Waals surface area contributed by atoms with Gasteiger partial charge in [0.25, 0.3) is 0 Å². The van der Waals surface area contributed by atoms with Crippen molar-refractivity contribution in [1.29, 1.82) is 0 Å². The quantitative estimate of drug-likeness (QED) is 0.728. The van der Waals surface area contributed by atoms with E-state index in [1.54, 1.807) is 0 Å². The lowest BCUT2D eigenvalue weighted by Crippen LogP contribution is -1.97. The van der Waals surface area contributed by atoms with E-state index in [0.717, 1.165) is 11.4 Å². The maximum Gasteiger partial charge on any atom is 0.0776 e. The first-order chi connectivity index (χ1) is 7.86. The summed E-state index contributed by atoms with van der Waals surface area (Å²) < 4.78 is 1.90. The van der Waals surface area contributed by atoms with Crippen LogP contribution in [-0.2, 0) is 18.7 Å². The molecule has 0 bridgehead atoms. The number of alkyl halides is 1. The average molecular weight is 233 g/mol. The lowest BCUT2D eigenvalue weighted by molar-refractivity contribution is 0.856. The van der Waals surface area contributed by atoms with Gasteiger partial charge in [0.05, 0.1) is 17.3 Å². The van der Waals surface area contributed by atoms with Gasteiger partial charge in [-0.1, -0.05) is 6.07 Å². The maximum atomic E-state index is 5.75. The number of rotatable bonds is 2. The molecule has 0 atom stereocenters. The molecule has 0 fully saturated rings. The van der Waals surface area contributed by atoms with Gasteiger partial charge in [0, 0.05) is 6.20 Å². The van der Waals surface area contributed by atoms with E-state index in [0.29, 0.717) is 5.88 Å². The predicted octanol–water partition coefficient (Wildman–Crippen LogP) is 3.10. The van der Waals surface area contributed by atoms with Crippen molar-refractivity contribution < 1.29 is 0 Å². The molecular formula is C13H13ClN2. The van der Waals surface area contributed by atoms with E-state index < -0.39 is 0 Å². The van der Waals surface area contributed by atoms with Crippen LogP contribution >= 0.6 is 11.6 Å². The summed E-state index contributed by atoms with van der Waals surface area (Å²) in [5.74, 6) is 0.470. The van der Waals surface area contributed by atoms with Crippen LogP contribution in [0.1, 0.15) is 23.2 Å². The van der Waals surface area contributed by atoms with Gasteiger partial charge in [-0.3, -0.25) is 0 Å². The Morgan fingerprint density at radius 3 is 2.88 bits per heavy atom. The van der Waals surface area contributed by atoms with Gasteiger partial charge < -0.3 is 0 Å². The van der Waals surface area contributed by atoms with Gasteiger partial charge in [0.15, 0.2) is 0 Å². The summed E-state index contributed by atoms with van der Waals surface area (Å²) in [4.78, 5) is 0. The Labute approximate surface area is 99.9 Å². The summed E-state index contributed by atoms with van der Waals surface area (Å²) in [5, 5.41) is 4.41. The van der Waals surface area contributed by atoms with Crippen LogP contribution in [-0.4, -0.2) is 9.78 Å². The zero-order valence-electron chi connectivity index (χ0n) is 8.99. The first kappa shape index (κ1) is 9.91. The summed E-state index contributed by atoms with van der Waals surface area (Å²) >= 11 is 5.75. The summed E-state index contributed by atoms with van der Waals surface area (Å²) in [6.45, 7) is 0. The fourth-order valence-electron chi connectivity index (χ4n) is 2.28. The molecule has 0 radical (unpaired) electrons. The van der Waals surface area contributed by atoms with E-state index >= 15 is 0 Å². The van der Waals surface area contributed by atoms with Crippen LogP contribution in [0, 0.1) is 0 Å². The van der Waals surface area contributed by atoms with Crippen molar-refractivity contribution in [2.45, 2.75) is 25.1 Å². The number of hydrogen-bond acceptors (Lipinski definition) is 1. The second-order valence-corrected chi connectivity index (χ2v) is 4.46. The van der Waals surface area contributed by atoms with Gasteiger partial charge in [-0.25, -0.2) is 4.68 Å². The molecule has 1 aliphatic rings. The van der Waals surface area contributed by atoms with E-state index in [4.69, 9.17) is 11.6 Å². The smallest absolute Gasteiger partial charge is 0.0776 e. The topological polar surface area (TPSA) is 17.8 Å². The van der Waals surface area contributed by atoms with Crippen LogP contribution in [0.25, 0.3) is 5.69 Å². The third-order valence-electron chi connectivity index (χ3n) is 3.13. The van der Waals surface area contributed by atoms with E-state index in [-0.39, 0.29) is 0 Å². The fourth-order valence-corrected chi connectivity index (χ4v) is 2.42. The molecule has 16 heavy (non-hydrogen) atoms. The van der Waals surface area contributed by atoms with Crippen molar-refractivity contribution in [2.75, 3.05) is 0 Å². The SMILES string of the molecule is ClCc1ccn(-c2ccc3c(c2)CCC3)n1. The minimum atomic E-state index is 0.470. The van der Waals surface area contributed by atoms with Crippen molar-refractivity contribution in [3.63, 3.8) is 0 Å². The molecule has 82 valence electrons. The van der Waals surface area contributed by atoms with Crippen molar-refractivity contribution >= 4 is 11.6 Å². The van der Waals surface area contributed by atoms with Gasteiger partial charge in [-0.2, -0.15) is 5.10 Å². The van der Waals surface area contributed by atoms with Crippen LogP contribution in [0.2, 0.25) is 0 Å². The molecule has 0 saturated heterocycles. The molecule has 0 saturated carbocycles. The molecule has 0 amide bonds. The first-order valence-electron chi connectivity index (χ1n) is 5.59. The number of benzene rings is 1. The number of aryl methyl sites for hydroxylation is 2. The predicted molar refractivity (Wildman–Crippen MR) is 65.1 cm³/mol. The Bertz CT molecular complexity index is 516. The second kappa shape index (κ2) is 3.95. The van der Waals surface area contributed by atoms with Gasteiger partial charge in [0.1, 0.15) is 0 Å². The van der Waals surface area contributed by atoms with Crippen molar-refractivity contribution in [3.05, 3.63) is 47.3 Å². The van der Waals surface area contributed by atoms with Gasteiger partial charge >= 0.3 is 0 Å². The molecule has 1 aromatic heterocycles. The Hall–Kier alpha value is -1.28. The lowest BCUT2D eigenvalue weighted by Gasteiger charge is -2.04. The second-order valence-electron chi connectivity index (χ2n) is 4.19. The highest BCUT2D eigenvalue weighted by Gasteiger charge is 2.11. The molecule has 0 N–H and O–H groups in total. The molecule has 1 aliphatic carbocycles. The molecule has 3 rings (SSSR count). The van der Waals surface area contributed by atoms with Crippen LogP contribution in [0.4, 0.5) is 0 Å². The van der Waals surface area contributed by atoms with Gasteiger partial charge in [-0.15, -0.1) is 11.6 Å². The third-order valence-corrected chi connectivity index (χ3v) is 3.40. The lowest BCUT2D eigenvalue weighted by atomic mass is 10.1. The van der Waals surface area contributed by atoms with E-state index in [1.165, 1.54) is 30.4 Å². The normalized spacial score (nSPS) is 14.1. The largest absolute Gasteiger partial charge is 0.241 e. The van der Waals surface area contributed by atoms with Gasteiger partial charge in [-0.05, 0) is 48.6 Å². The molecule has 3 heteroatoms. The Balaban J connectivity index is 2.00. The standard InChI is InChI=1S/C13H13ClN2/c14-9-12-6-7-16(15-12)13-5-4-10-2-1-3-11(10)8-13/h4-8H,1-3,9H2. The van der Waals surface area contributed by atoms with Gasteiger partial charge in [0.2, 0.25) is 0 Å². The number of fused-ring (bicyclic) bond motifs is 1. The molecule has 1 aromatic carbocycles. The summed E-state index contributed by atoms with van der Waals surface area (Å²) in [7, 11) is 0. The molecule has 2 nitrogen and oxygen atoms in total. The number of halogens is 1. The number of nitrogens with zero attached hydrogens (tertiary/aromatic N) is 2. The summed E-state index contributed by atoms with van der Waals surface area (Å²) in [6, 6.07) is 8.56. The minimum Gasteiger partial charge on any atom is -0.241 e. The van der Waals surface area contributed by atoms with Crippen molar-refractivity contribution in [2.24, 2.45) is 0 Å². The number of hydrogen-bond donors (Lipinski definition) is 0. The third kappa shape index (κ3) is 1.63. The summed E-state index contributed by atoms with van der Waals surface area (Å²) in [5.41, 5.74) is 5.02. The van der Waals surface area contributed by atoms with E-state index in [2.05, 4.69) is 23.3 Å². The van der Waals surface area contributed by atoms with E-state index in [1.807, 2.05) is 16.9 Å². The van der Waals surface area contributed by atoms with Crippen LogP contribution in [0.3, 0.4) is 0 Å². The average Bonchev–Trinajstić information content (AvgIpc) is 2.96. The number of aromatic nitrogens is 2. The highest BCUT2D eigenvalue weighted by Crippen LogP contribution is 2.24. The first-order valence-corrected chi connectivity index (χ1v) is 6.13. The zero-order valence-corrected chi connectivity index (χ0v) is 9.74.